The number of rotatable bonds is 8. The molecule has 0 atom stereocenters. The Bertz CT molecular complexity index is 842. The van der Waals surface area contributed by atoms with Gasteiger partial charge in [0.1, 0.15) is 5.75 Å². The third-order valence-electron chi connectivity index (χ3n) is 4.60. The second kappa shape index (κ2) is 8.83. The number of pyridine rings is 1. The van der Waals surface area contributed by atoms with Gasteiger partial charge >= 0.3 is 0 Å². The zero-order valence-corrected chi connectivity index (χ0v) is 16.3. The molecule has 0 bridgehead atoms. The molecule has 27 heavy (non-hydrogen) atoms. The Morgan fingerprint density at radius 3 is 2.30 bits per heavy atom. The lowest BCUT2D eigenvalue weighted by Gasteiger charge is -2.25. The van der Waals surface area contributed by atoms with Gasteiger partial charge in [-0.3, -0.25) is 0 Å². The average Bonchev–Trinajstić information content (AvgIpc) is 2.69. The SMILES string of the molecule is CCc1ccc(C(C)(C)COCc2cccc(Oc3ccccc3)n2)cc1. The van der Waals surface area contributed by atoms with E-state index in [0.29, 0.717) is 19.1 Å². The fourth-order valence-electron chi connectivity index (χ4n) is 2.89. The van der Waals surface area contributed by atoms with Crippen molar-refractivity contribution < 1.29 is 9.47 Å². The monoisotopic (exact) mass is 361 g/mol. The summed E-state index contributed by atoms with van der Waals surface area (Å²) in [4.78, 5) is 4.54. The Kier molecular flexibility index (Phi) is 6.25. The maximum atomic E-state index is 5.98. The summed E-state index contributed by atoms with van der Waals surface area (Å²) in [6, 6.07) is 24.2. The molecule has 0 fully saturated rings. The molecule has 0 aliphatic heterocycles. The third kappa shape index (κ3) is 5.41. The highest BCUT2D eigenvalue weighted by Gasteiger charge is 2.21. The van der Waals surface area contributed by atoms with Crippen LogP contribution in [0.3, 0.4) is 0 Å². The first-order valence-electron chi connectivity index (χ1n) is 9.43. The van der Waals surface area contributed by atoms with E-state index >= 15 is 0 Å². The van der Waals surface area contributed by atoms with Crippen LogP contribution in [-0.4, -0.2) is 11.6 Å². The second-order valence-electron chi connectivity index (χ2n) is 7.31. The first kappa shape index (κ1) is 19.1. The van der Waals surface area contributed by atoms with E-state index in [1.165, 1.54) is 11.1 Å². The van der Waals surface area contributed by atoms with E-state index in [0.717, 1.165) is 17.9 Å². The molecule has 3 aromatic rings. The molecular formula is C24H27NO2. The number of nitrogens with zero attached hydrogens (tertiary/aromatic N) is 1. The average molecular weight is 361 g/mol. The maximum absolute atomic E-state index is 5.98. The standard InChI is InChI=1S/C24H27NO2/c1-4-19-13-15-20(16-14-19)24(2,3)18-26-17-21-9-8-12-23(25-21)27-22-10-6-5-7-11-22/h5-16H,4,17-18H2,1-3H3. The van der Waals surface area contributed by atoms with Gasteiger partial charge in [-0.1, -0.05) is 69.3 Å². The van der Waals surface area contributed by atoms with Gasteiger partial charge in [0, 0.05) is 11.5 Å². The first-order valence-corrected chi connectivity index (χ1v) is 9.43. The number of hydrogen-bond acceptors (Lipinski definition) is 3. The number of hydrogen-bond donors (Lipinski definition) is 0. The lowest BCUT2D eigenvalue weighted by Crippen LogP contribution is -2.24. The van der Waals surface area contributed by atoms with E-state index < -0.39 is 0 Å². The molecular weight excluding hydrogens is 334 g/mol. The van der Waals surface area contributed by atoms with Crippen molar-refractivity contribution in [1.29, 1.82) is 0 Å². The fraction of sp³-hybridized carbons (Fsp3) is 0.292. The lowest BCUT2D eigenvalue weighted by molar-refractivity contribution is 0.0802. The Morgan fingerprint density at radius 1 is 0.852 bits per heavy atom. The van der Waals surface area contributed by atoms with Crippen LogP contribution in [0.1, 0.15) is 37.6 Å². The molecule has 3 nitrogen and oxygen atoms in total. The zero-order chi connectivity index (χ0) is 19.1. The smallest absolute Gasteiger partial charge is 0.219 e. The van der Waals surface area contributed by atoms with E-state index in [-0.39, 0.29) is 5.41 Å². The van der Waals surface area contributed by atoms with Gasteiger partial charge in [0.15, 0.2) is 0 Å². The summed E-state index contributed by atoms with van der Waals surface area (Å²) in [5.74, 6) is 1.36. The third-order valence-corrected chi connectivity index (χ3v) is 4.60. The molecule has 3 heteroatoms. The highest BCUT2D eigenvalue weighted by molar-refractivity contribution is 5.29. The second-order valence-corrected chi connectivity index (χ2v) is 7.31. The van der Waals surface area contributed by atoms with E-state index in [1.54, 1.807) is 0 Å². The van der Waals surface area contributed by atoms with Gasteiger partial charge in [0.2, 0.25) is 5.88 Å². The molecule has 0 saturated heterocycles. The molecule has 0 saturated carbocycles. The van der Waals surface area contributed by atoms with Gasteiger partial charge in [0.05, 0.1) is 18.9 Å². The Labute approximate surface area is 162 Å². The molecule has 0 spiro atoms. The first-order chi connectivity index (χ1) is 13.1. The van der Waals surface area contributed by atoms with Crippen molar-refractivity contribution in [3.63, 3.8) is 0 Å². The summed E-state index contributed by atoms with van der Waals surface area (Å²) in [5.41, 5.74) is 3.45. The molecule has 0 radical (unpaired) electrons. The minimum Gasteiger partial charge on any atom is -0.439 e. The van der Waals surface area contributed by atoms with Crippen molar-refractivity contribution in [3.8, 4) is 11.6 Å². The van der Waals surface area contributed by atoms with Gasteiger partial charge in [-0.15, -0.1) is 0 Å². The molecule has 0 unspecified atom stereocenters. The zero-order valence-electron chi connectivity index (χ0n) is 16.3. The van der Waals surface area contributed by atoms with E-state index in [2.05, 4.69) is 50.0 Å². The molecule has 0 aliphatic rings. The minimum atomic E-state index is -0.0512. The van der Waals surface area contributed by atoms with Crippen LogP contribution in [0.15, 0.2) is 72.8 Å². The summed E-state index contributed by atoms with van der Waals surface area (Å²) in [5, 5.41) is 0. The molecule has 1 heterocycles. The van der Waals surface area contributed by atoms with Crippen molar-refractivity contribution in [1.82, 2.24) is 4.98 Å². The van der Waals surface area contributed by atoms with Crippen LogP contribution in [0.4, 0.5) is 0 Å². The van der Waals surface area contributed by atoms with Crippen molar-refractivity contribution >= 4 is 0 Å². The summed E-state index contributed by atoms with van der Waals surface area (Å²) in [6.07, 6.45) is 1.06. The van der Waals surface area contributed by atoms with Gasteiger partial charge < -0.3 is 9.47 Å². The molecule has 140 valence electrons. The van der Waals surface area contributed by atoms with Crippen LogP contribution in [0, 0.1) is 0 Å². The van der Waals surface area contributed by atoms with Gasteiger partial charge in [0.25, 0.3) is 0 Å². The van der Waals surface area contributed by atoms with Crippen LogP contribution < -0.4 is 4.74 Å². The van der Waals surface area contributed by atoms with Crippen LogP contribution >= 0.6 is 0 Å². The van der Waals surface area contributed by atoms with Crippen LogP contribution in [0.5, 0.6) is 11.6 Å². The van der Waals surface area contributed by atoms with Gasteiger partial charge in [-0.05, 0) is 35.7 Å². The molecule has 3 rings (SSSR count). The fourth-order valence-corrected chi connectivity index (χ4v) is 2.89. The Hall–Kier alpha value is -2.65. The van der Waals surface area contributed by atoms with Crippen LogP contribution in [0.25, 0.3) is 0 Å². The molecule has 2 aromatic carbocycles. The number of benzene rings is 2. The minimum absolute atomic E-state index is 0.0512. The highest BCUT2D eigenvalue weighted by Crippen LogP contribution is 2.25. The number of ether oxygens (including phenoxy) is 2. The van der Waals surface area contributed by atoms with Gasteiger partial charge in [-0.2, -0.15) is 0 Å². The summed E-state index contributed by atoms with van der Waals surface area (Å²) < 4.78 is 11.8. The van der Waals surface area contributed by atoms with E-state index in [1.807, 2.05) is 48.5 Å². The molecule has 0 N–H and O–H groups in total. The van der Waals surface area contributed by atoms with Crippen molar-refractivity contribution in [2.45, 2.75) is 39.2 Å². The van der Waals surface area contributed by atoms with Crippen molar-refractivity contribution in [3.05, 3.63) is 89.6 Å². The van der Waals surface area contributed by atoms with E-state index in [4.69, 9.17) is 9.47 Å². The number of aromatic nitrogens is 1. The summed E-state index contributed by atoms with van der Waals surface area (Å²) >= 11 is 0. The van der Waals surface area contributed by atoms with Crippen molar-refractivity contribution in [2.24, 2.45) is 0 Å². The predicted molar refractivity (Wildman–Crippen MR) is 109 cm³/mol. The quantitative estimate of drug-likeness (QED) is 0.498. The molecule has 0 aliphatic carbocycles. The lowest BCUT2D eigenvalue weighted by atomic mass is 9.85. The van der Waals surface area contributed by atoms with Crippen LogP contribution in [0.2, 0.25) is 0 Å². The highest BCUT2D eigenvalue weighted by atomic mass is 16.5. The summed E-state index contributed by atoms with van der Waals surface area (Å²) in [7, 11) is 0. The predicted octanol–water partition coefficient (Wildman–Crippen LogP) is 5.93. The van der Waals surface area contributed by atoms with Gasteiger partial charge in [-0.25, -0.2) is 4.98 Å². The topological polar surface area (TPSA) is 31.4 Å². The molecule has 0 amide bonds. The number of aryl methyl sites for hydroxylation is 1. The Morgan fingerprint density at radius 2 is 1.59 bits per heavy atom. The normalized spacial score (nSPS) is 11.4. The molecule has 1 aromatic heterocycles. The summed E-state index contributed by atoms with van der Waals surface area (Å²) in [6.45, 7) is 7.67. The van der Waals surface area contributed by atoms with E-state index in [9.17, 15) is 0 Å². The number of para-hydroxylation sites is 1. The van der Waals surface area contributed by atoms with Crippen LogP contribution in [-0.2, 0) is 23.2 Å². The van der Waals surface area contributed by atoms with Crippen molar-refractivity contribution in [2.75, 3.05) is 6.61 Å². The largest absolute Gasteiger partial charge is 0.439 e. The maximum Gasteiger partial charge on any atom is 0.219 e. The Balaban J connectivity index is 1.57.